The predicted molar refractivity (Wildman–Crippen MR) is 69.5 cm³/mol. The first kappa shape index (κ1) is 15.6. The Hall–Kier alpha value is -1.44. The van der Waals surface area contributed by atoms with Crippen molar-refractivity contribution in [2.45, 2.75) is 31.8 Å². The Bertz CT molecular complexity index is 571. The van der Waals surface area contributed by atoms with Crippen LogP contribution in [0.3, 0.4) is 0 Å². The SMILES string of the molecule is Cc1cc(C)c(S(=O)(=O)NCC(O)C(=O)O)c(C)c1. The van der Waals surface area contributed by atoms with E-state index in [1.54, 1.807) is 26.0 Å². The fourth-order valence-corrected chi connectivity index (χ4v) is 3.43. The molecule has 7 heteroatoms. The molecule has 6 nitrogen and oxygen atoms in total. The molecule has 0 aliphatic carbocycles. The van der Waals surface area contributed by atoms with Gasteiger partial charge < -0.3 is 10.2 Å². The molecule has 1 rings (SSSR count). The van der Waals surface area contributed by atoms with Crippen molar-refractivity contribution in [3.8, 4) is 0 Å². The smallest absolute Gasteiger partial charge is 0.333 e. The first-order valence-corrected chi connectivity index (χ1v) is 7.12. The van der Waals surface area contributed by atoms with Gasteiger partial charge in [0.15, 0.2) is 6.10 Å². The summed E-state index contributed by atoms with van der Waals surface area (Å²) < 4.78 is 26.3. The van der Waals surface area contributed by atoms with Gasteiger partial charge in [0.2, 0.25) is 10.0 Å². The standard InChI is InChI=1S/C12H17NO5S/c1-7-4-8(2)11(9(3)5-7)19(17,18)13-6-10(14)12(15)16/h4-5,10,13-14H,6H2,1-3H3,(H,15,16). The first-order chi connectivity index (χ1) is 8.65. The Morgan fingerprint density at radius 1 is 1.26 bits per heavy atom. The van der Waals surface area contributed by atoms with Crippen LogP contribution in [0.5, 0.6) is 0 Å². The second-order valence-electron chi connectivity index (χ2n) is 4.43. The third kappa shape index (κ3) is 3.76. The lowest BCUT2D eigenvalue weighted by Crippen LogP contribution is -2.37. The molecule has 0 bridgehead atoms. The van der Waals surface area contributed by atoms with E-state index in [1.807, 2.05) is 6.92 Å². The largest absolute Gasteiger partial charge is 0.479 e. The van der Waals surface area contributed by atoms with E-state index in [0.29, 0.717) is 11.1 Å². The van der Waals surface area contributed by atoms with Crippen LogP contribution < -0.4 is 4.72 Å². The zero-order valence-electron chi connectivity index (χ0n) is 11.0. The first-order valence-electron chi connectivity index (χ1n) is 5.63. The molecule has 0 fully saturated rings. The van der Waals surface area contributed by atoms with Crippen molar-refractivity contribution in [3.63, 3.8) is 0 Å². The average molecular weight is 287 g/mol. The van der Waals surface area contributed by atoms with Crippen LogP contribution in [0.4, 0.5) is 0 Å². The second kappa shape index (κ2) is 5.68. The predicted octanol–water partition coefficient (Wildman–Crippen LogP) is 0.336. The van der Waals surface area contributed by atoms with Gasteiger partial charge in [0.1, 0.15) is 0 Å². The Morgan fingerprint density at radius 2 is 1.74 bits per heavy atom. The van der Waals surface area contributed by atoms with E-state index in [9.17, 15) is 13.2 Å². The van der Waals surface area contributed by atoms with Crippen molar-refractivity contribution in [1.82, 2.24) is 4.72 Å². The lowest BCUT2D eigenvalue weighted by atomic mass is 10.1. The van der Waals surface area contributed by atoms with Crippen molar-refractivity contribution >= 4 is 16.0 Å². The zero-order valence-corrected chi connectivity index (χ0v) is 11.8. The molecule has 0 saturated heterocycles. The van der Waals surface area contributed by atoms with Gasteiger partial charge in [-0.25, -0.2) is 17.9 Å². The summed E-state index contributed by atoms with van der Waals surface area (Å²) in [6.45, 7) is 4.63. The summed E-state index contributed by atoms with van der Waals surface area (Å²) in [4.78, 5) is 10.6. The highest BCUT2D eigenvalue weighted by atomic mass is 32.2. The van der Waals surface area contributed by atoms with Crippen LogP contribution in [0.15, 0.2) is 17.0 Å². The number of carboxylic acid groups (broad SMARTS) is 1. The minimum Gasteiger partial charge on any atom is -0.479 e. The molecule has 0 saturated carbocycles. The van der Waals surface area contributed by atoms with Gasteiger partial charge in [0, 0.05) is 6.54 Å². The molecule has 0 amide bonds. The van der Waals surface area contributed by atoms with Crippen molar-refractivity contribution in [2.24, 2.45) is 0 Å². The van der Waals surface area contributed by atoms with Crippen molar-refractivity contribution in [1.29, 1.82) is 0 Å². The topological polar surface area (TPSA) is 104 Å². The molecule has 0 aliphatic heterocycles. The molecular weight excluding hydrogens is 270 g/mol. The molecule has 0 aliphatic rings. The Morgan fingerprint density at radius 3 is 2.16 bits per heavy atom. The highest BCUT2D eigenvalue weighted by Gasteiger charge is 2.22. The molecule has 3 N–H and O–H groups in total. The van der Waals surface area contributed by atoms with E-state index in [1.165, 1.54) is 0 Å². The van der Waals surface area contributed by atoms with Gasteiger partial charge >= 0.3 is 5.97 Å². The third-order valence-corrected chi connectivity index (χ3v) is 4.35. The number of hydrogen-bond acceptors (Lipinski definition) is 4. The van der Waals surface area contributed by atoms with Gasteiger partial charge in [-0.15, -0.1) is 0 Å². The number of aryl methyl sites for hydroxylation is 3. The fourth-order valence-electron chi connectivity index (χ4n) is 1.94. The van der Waals surface area contributed by atoms with Gasteiger partial charge in [0.05, 0.1) is 4.90 Å². The molecule has 0 heterocycles. The maximum atomic E-state index is 12.1. The van der Waals surface area contributed by atoms with Crippen LogP contribution in [-0.4, -0.2) is 37.2 Å². The van der Waals surface area contributed by atoms with E-state index < -0.39 is 28.6 Å². The Labute approximate surface area is 112 Å². The van der Waals surface area contributed by atoms with Crippen LogP contribution in [-0.2, 0) is 14.8 Å². The number of carboxylic acids is 1. The summed E-state index contributed by atoms with van der Waals surface area (Å²) in [5, 5.41) is 17.6. The van der Waals surface area contributed by atoms with E-state index in [0.717, 1.165) is 5.56 Å². The minimum atomic E-state index is -3.84. The number of aliphatic carboxylic acids is 1. The zero-order chi connectivity index (χ0) is 14.8. The molecule has 1 atom stereocenters. The van der Waals surface area contributed by atoms with Gasteiger partial charge in [-0.2, -0.15) is 0 Å². The number of sulfonamides is 1. The van der Waals surface area contributed by atoms with Crippen LogP contribution in [0.2, 0.25) is 0 Å². The van der Waals surface area contributed by atoms with E-state index in [4.69, 9.17) is 10.2 Å². The summed E-state index contributed by atoms with van der Waals surface area (Å²) in [6.07, 6.45) is -1.76. The molecule has 1 aromatic rings. The van der Waals surface area contributed by atoms with Gasteiger partial charge in [-0.05, 0) is 31.9 Å². The summed E-state index contributed by atoms with van der Waals surface area (Å²) in [6, 6.07) is 3.46. The molecule has 106 valence electrons. The van der Waals surface area contributed by atoms with Crippen LogP contribution in [0, 0.1) is 20.8 Å². The van der Waals surface area contributed by atoms with E-state index in [2.05, 4.69) is 4.72 Å². The van der Waals surface area contributed by atoms with Crippen molar-refractivity contribution in [3.05, 3.63) is 28.8 Å². The van der Waals surface area contributed by atoms with Crippen LogP contribution in [0.25, 0.3) is 0 Å². The fraction of sp³-hybridized carbons (Fsp3) is 0.417. The summed E-state index contributed by atoms with van der Waals surface area (Å²) in [5.41, 5.74) is 2.10. The van der Waals surface area contributed by atoms with Crippen molar-refractivity contribution in [2.75, 3.05) is 6.54 Å². The van der Waals surface area contributed by atoms with E-state index in [-0.39, 0.29) is 4.90 Å². The molecule has 0 aromatic heterocycles. The van der Waals surface area contributed by atoms with Gasteiger partial charge in [-0.1, -0.05) is 17.7 Å². The van der Waals surface area contributed by atoms with Gasteiger partial charge in [0.25, 0.3) is 0 Å². The number of nitrogens with one attached hydrogen (secondary N) is 1. The molecule has 0 spiro atoms. The average Bonchev–Trinajstić information content (AvgIpc) is 2.23. The number of aliphatic hydroxyl groups is 1. The molecular formula is C12H17NO5S. The Kier molecular flexibility index (Phi) is 4.67. The summed E-state index contributed by atoms with van der Waals surface area (Å²) in [7, 11) is -3.84. The third-order valence-electron chi connectivity index (χ3n) is 2.63. The van der Waals surface area contributed by atoms with Crippen LogP contribution >= 0.6 is 0 Å². The molecule has 1 aromatic carbocycles. The van der Waals surface area contributed by atoms with Crippen molar-refractivity contribution < 1.29 is 23.4 Å². The number of benzene rings is 1. The monoisotopic (exact) mass is 287 g/mol. The molecule has 19 heavy (non-hydrogen) atoms. The van der Waals surface area contributed by atoms with E-state index >= 15 is 0 Å². The number of rotatable bonds is 5. The maximum Gasteiger partial charge on any atom is 0.333 e. The molecule has 0 radical (unpaired) electrons. The number of hydrogen-bond donors (Lipinski definition) is 3. The lowest BCUT2D eigenvalue weighted by molar-refractivity contribution is -0.146. The summed E-state index contributed by atoms with van der Waals surface area (Å²) in [5.74, 6) is -1.47. The summed E-state index contributed by atoms with van der Waals surface area (Å²) >= 11 is 0. The number of carbonyl (C=O) groups is 1. The highest BCUT2D eigenvalue weighted by Crippen LogP contribution is 2.21. The quantitative estimate of drug-likeness (QED) is 0.724. The molecule has 1 unspecified atom stereocenters. The van der Waals surface area contributed by atoms with Crippen LogP contribution in [0.1, 0.15) is 16.7 Å². The number of aliphatic hydroxyl groups excluding tert-OH is 1. The minimum absolute atomic E-state index is 0.121. The lowest BCUT2D eigenvalue weighted by Gasteiger charge is -2.14. The highest BCUT2D eigenvalue weighted by molar-refractivity contribution is 7.89. The Balaban J connectivity index is 3.05. The second-order valence-corrected chi connectivity index (χ2v) is 6.14. The maximum absolute atomic E-state index is 12.1. The normalized spacial score (nSPS) is 13.3. The van der Waals surface area contributed by atoms with Gasteiger partial charge in [-0.3, -0.25) is 0 Å².